The minimum Gasteiger partial charge on any atom is -0.457 e. The van der Waals surface area contributed by atoms with Crippen molar-refractivity contribution in [3.63, 3.8) is 0 Å². The first-order valence-electron chi connectivity index (χ1n) is 26.8. The molecule has 5 nitrogen and oxygen atoms in total. The second-order valence-electron chi connectivity index (χ2n) is 24.4. The van der Waals surface area contributed by atoms with Crippen molar-refractivity contribution in [2.45, 2.75) is 104 Å². The smallest absolute Gasteiger partial charge is 0.137 e. The molecule has 12 rings (SSSR count). The van der Waals surface area contributed by atoms with Crippen molar-refractivity contribution in [2.24, 2.45) is 0 Å². The van der Waals surface area contributed by atoms with E-state index in [-0.39, 0.29) is 21.7 Å². The molecule has 0 bridgehead atoms. The first-order chi connectivity index (χ1) is 35.9. The number of rotatable bonds is 8. The van der Waals surface area contributed by atoms with Gasteiger partial charge in [0.1, 0.15) is 24.0 Å². The van der Waals surface area contributed by atoms with Gasteiger partial charge in [-0.25, -0.2) is 4.98 Å². The zero-order chi connectivity index (χ0) is 52.0. The Kier molecular flexibility index (Phi) is 11.5. The second kappa shape index (κ2) is 17.9. The molecule has 0 N–H and O–H groups in total. The monoisotopic (exact) mass is 981 g/mol. The average molecular weight is 981 g/mol. The molecule has 0 atom stereocenters. The van der Waals surface area contributed by atoms with Crippen molar-refractivity contribution in [3.8, 4) is 50.7 Å². The van der Waals surface area contributed by atoms with E-state index in [9.17, 15) is 0 Å². The van der Waals surface area contributed by atoms with Crippen LogP contribution in [0.2, 0.25) is 0 Å². The lowest BCUT2D eigenvalue weighted by molar-refractivity contribution is 0.332. The summed E-state index contributed by atoms with van der Waals surface area (Å²) in [5.74, 6) is 2.43. The van der Waals surface area contributed by atoms with E-state index in [1.165, 1.54) is 73.1 Å². The van der Waals surface area contributed by atoms with Crippen LogP contribution in [0.25, 0.3) is 61.0 Å². The summed E-state index contributed by atoms with van der Waals surface area (Å²) < 4.78 is 9.17. The average Bonchev–Trinajstić information content (AvgIpc) is 3.98. The Morgan fingerprint density at radius 1 is 0.453 bits per heavy atom. The standard InChI is InChI=1S/C70H68N4O/c1-67(2,3)50-34-37-71-65(42-50)74-61-27-15-14-24-57(61)58-32-31-54(44-64(58)74)75-53-23-18-22-52(43-53)72-45-73(63-29-17-16-28-62(63)72)66-55(47-30-33-59-60(41-47)70(9,10)36-35-69(59,7)8)25-19-26-56(66)49-38-48(46-20-12-11-13-21-46)39-51(40-49)68(4,5)6/h11-34,37-44H,35-36,45H2,1-10H3. The van der Waals surface area contributed by atoms with Crippen LogP contribution in [-0.2, 0) is 21.7 Å². The molecule has 0 saturated carbocycles. The number of pyridine rings is 1. The summed E-state index contributed by atoms with van der Waals surface area (Å²) >= 11 is 0. The van der Waals surface area contributed by atoms with Gasteiger partial charge in [-0.15, -0.1) is 0 Å². The fourth-order valence-electron chi connectivity index (χ4n) is 11.8. The summed E-state index contributed by atoms with van der Waals surface area (Å²) in [6, 6.07) is 69.2. The number of hydrogen-bond donors (Lipinski definition) is 0. The minimum atomic E-state index is -0.0717. The highest BCUT2D eigenvalue weighted by atomic mass is 16.5. The van der Waals surface area contributed by atoms with E-state index in [4.69, 9.17) is 9.72 Å². The largest absolute Gasteiger partial charge is 0.457 e. The predicted molar refractivity (Wildman–Crippen MR) is 316 cm³/mol. The van der Waals surface area contributed by atoms with E-state index < -0.39 is 0 Å². The molecule has 8 aromatic carbocycles. The highest BCUT2D eigenvalue weighted by Crippen LogP contribution is 2.53. The quantitative estimate of drug-likeness (QED) is 0.152. The fourth-order valence-corrected chi connectivity index (χ4v) is 11.8. The number of hydrogen-bond acceptors (Lipinski definition) is 4. The van der Waals surface area contributed by atoms with Crippen LogP contribution in [-0.4, -0.2) is 16.2 Å². The summed E-state index contributed by atoms with van der Waals surface area (Å²) in [6.45, 7) is 24.0. The Morgan fingerprint density at radius 2 is 1.09 bits per heavy atom. The maximum absolute atomic E-state index is 6.89. The summed E-state index contributed by atoms with van der Waals surface area (Å²) in [4.78, 5) is 9.93. The molecule has 1 aliphatic heterocycles. The Morgan fingerprint density at radius 3 is 1.85 bits per heavy atom. The SMILES string of the molecule is CC(C)(C)c1cc(-c2ccccc2)cc(-c2cccc(-c3ccc4c(c3)C(C)(C)CCC4(C)C)c2N2CN(c3cccc(Oc4ccc5c6ccccc6n(-c6cc(C(C)(C)C)ccn6)c5c4)c3)c3ccccc32)c1. The van der Waals surface area contributed by atoms with Gasteiger partial charge >= 0.3 is 0 Å². The maximum atomic E-state index is 6.89. The van der Waals surface area contributed by atoms with Gasteiger partial charge in [-0.2, -0.15) is 0 Å². The van der Waals surface area contributed by atoms with Crippen LogP contribution < -0.4 is 14.5 Å². The molecule has 0 amide bonds. The van der Waals surface area contributed by atoms with Gasteiger partial charge in [-0.3, -0.25) is 4.57 Å². The van der Waals surface area contributed by atoms with Crippen molar-refractivity contribution in [3.05, 3.63) is 217 Å². The highest BCUT2D eigenvalue weighted by Gasteiger charge is 2.38. The Bertz CT molecular complexity index is 3830. The molecule has 1 aliphatic carbocycles. The minimum absolute atomic E-state index is 0.0184. The van der Waals surface area contributed by atoms with Crippen LogP contribution in [0.15, 0.2) is 194 Å². The van der Waals surface area contributed by atoms with Crippen molar-refractivity contribution in [2.75, 3.05) is 16.5 Å². The van der Waals surface area contributed by atoms with Crippen molar-refractivity contribution >= 4 is 44.6 Å². The van der Waals surface area contributed by atoms with Crippen molar-refractivity contribution < 1.29 is 4.74 Å². The molecule has 0 radical (unpaired) electrons. The predicted octanol–water partition coefficient (Wildman–Crippen LogP) is 19.2. The first kappa shape index (κ1) is 48.1. The zero-order valence-corrected chi connectivity index (χ0v) is 45.3. The molecule has 75 heavy (non-hydrogen) atoms. The van der Waals surface area contributed by atoms with Crippen molar-refractivity contribution in [1.82, 2.24) is 9.55 Å². The third-order valence-electron chi connectivity index (χ3n) is 16.3. The van der Waals surface area contributed by atoms with Gasteiger partial charge in [0, 0.05) is 45.9 Å². The Labute approximate surface area is 444 Å². The van der Waals surface area contributed by atoms with E-state index in [1.807, 2.05) is 6.20 Å². The lowest BCUT2D eigenvalue weighted by Crippen LogP contribution is -2.33. The topological polar surface area (TPSA) is 33.5 Å². The Balaban J connectivity index is 0.976. The van der Waals surface area contributed by atoms with Gasteiger partial charge in [-0.05, 0) is 140 Å². The number of nitrogens with zero attached hydrogens (tertiary/aromatic N) is 4. The summed E-state index contributed by atoms with van der Waals surface area (Å²) in [5.41, 5.74) is 19.6. The van der Waals surface area contributed by atoms with E-state index in [0.717, 1.165) is 57.2 Å². The molecule has 3 heterocycles. The molecule has 374 valence electrons. The second-order valence-corrected chi connectivity index (χ2v) is 24.4. The number of para-hydroxylation sites is 4. The van der Waals surface area contributed by atoms with Gasteiger partial charge in [0.15, 0.2) is 0 Å². The molecule has 5 heteroatoms. The lowest BCUT2D eigenvalue weighted by atomic mass is 9.63. The van der Waals surface area contributed by atoms with Gasteiger partial charge < -0.3 is 14.5 Å². The maximum Gasteiger partial charge on any atom is 0.137 e. The fraction of sp³-hybridized carbons (Fsp3) is 0.243. The Hall–Kier alpha value is -7.89. The van der Waals surface area contributed by atoms with Crippen LogP contribution >= 0.6 is 0 Å². The van der Waals surface area contributed by atoms with E-state index in [0.29, 0.717) is 6.67 Å². The summed E-state index contributed by atoms with van der Waals surface area (Å²) in [6.07, 6.45) is 4.27. The number of anilines is 4. The first-order valence-corrected chi connectivity index (χ1v) is 26.8. The molecular formula is C70H68N4O. The molecule has 0 fully saturated rings. The molecular weight excluding hydrogens is 913 g/mol. The molecule has 0 unspecified atom stereocenters. The van der Waals surface area contributed by atoms with Crippen LogP contribution in [0.3, 0.4) is 0 Å². The van der Waals surface area contributed by atoms with Crippen LogP contribution in [0.1, 0.15) is 104 Å². The van der Waals surface area contributed by atoms with Gasteiger partial charge in [-0.1, -0.05) is 184 Å². The highest BCUT2D eigenvalue weighted by molar-refractivity contribution is 6.09. The van der Waals surface area contributed by atoms with Crippen LogP contribution in [0, 0.1) is 0 Å². The molecule has 10 aromatic rings. The molecule has 2 aliphatic rings. The van der Waals surface area contributed by atoms with E-state index in [1.54, 1.807) is 0 Å². The lowest BCUT2D eigenvalue weighted by Gasteiger charge is -2.42. The molecule has 0 saturated heterocycles. The van der Waals surface area contributed by atoms with Gasteiger partial charge in [0.2, 0.25) is 0 Å². The number of aromatic nitrogens is 2. The number of benzene rings is 8. The summed E-state index contributed by atoms with van der Waals surface area (Å²) in [5, 5.41) is 2.34. The molecule has 2 aromatic heterocycles. The summed E-state index contributed by atoms with van der Waals surface area (Å²) in [7, 11) is 0. The van der Waals surface area contributed by atoms with Crippen LogP contribution in [0.5, 0.6) is 11.5 Å². The third-order valence-corrected chi connectivity index (χ3v) is 16.3. The van der Waals surface area contributed by atoms with Crippen molar-refractivity contribution in [1.29, 1.82) is 0 Å². The van der Waals surface area contributed by atoms with E-state index >= 15 is 0 Å². The zero-order valence-electron chi connectivity index (χ0n) is 45.3. The van der Waals surface area contributed by atoms with Gasteiger partial charge in [0.25, 0.3) is 0 Å². The van der Waals surface area contributed by atoms with Gasteiger partial charge in [0.05, 0.1) is 28.1 Å². The van der Waals surface area contributed by atoms with E-state index in [2.05, 4.69) is 272 Å². The third kappa shape index (κ3) is 8.66. The number of fused-ring (bicyclic) bond motifs is 5. The van der Waals surface area contributed by atoms with Crippen LogP contribution in [0.4, 0.5) is 22.7 Å². The number of ether oxygens (including phenoxy) is 1. The molecule has 0 spiro atoms. The normalized spacial score (nSPS) is 15.1.